The number of nitrogens with zero attached hydrogens (tertiary/aromatic N) is 2. The van der Waals surface area contributed by atoms with Crippen LogP contribution in [0.5, 0.6) is 0 Å². The van der Waals surface area contributed by atoms with Crippen LogP contribution in [0.3, 0.4) is 0 Å². The first kappa shape index (κ1) is 17.6. The van der Waals surface area contributed by atoms with Crippen LogP contribution in [0.2, 0.25) is 5.02 Å². The van der Waals surface area contributed by atoms with Crippen LogP contribution in [0.4, 0.5) is 10.8 Å². The molecule has 1 amide bonds. The van der Waals surface area contributed by atoms with Crippen molar-refractivity contribution in [3.8, 4) is 11.3 Å². The number of amides is 1. The van der Waals surface area contributed by atoms with Crippen LogP contribution in [-0.4, -0.2) is 11.4 Å². The molecule has 0 saturated carbocycles. The van der Waals surface area contributed by atoms with Gasteiger partial charge in [0.2, 0.25) is 6.41 Å². The molecule has 25 heavy (non-hydrogen) atoms. The van der Waals surface area contributed by atoms with Gasteiger partial charge in [0.15, 0.2) is 5.13 Å². The summed E-state index contributed by atoms with van der Waals surface area (Å²) >= 11 is 7.37. The molecule has 0 radical (unpaired) electrons. The van der Waals surface area contributed by atoms with Crippen LogP contribution in [0.15, 0.2) is 53.9 Å². The minimum absolute atomic E-state index is 0.0769. The van der Waals surface area contributed by atoms with Gasteiger partial charge in [-0.15, -0.1) is 11.3 Å². The highest BCUT2D eigenvalue weighted by Crippen LogP contribution is 2.32. The van der Waals surface area contributed by atoms with Gasteiger partial charge in [0, 0.05) is 16.0 Å². The van der Waals surface area contributed by atoms with Crippen molar-refractivity contribution < 1.29 is 4.79 Å². The Morgan fingerprint density at radius 1 is 1.04 bits per heavy atom. The maximum atomic E-state index is 11.7. The van der Waals surface area contributed by atoms with Crippen molar-refractivity contribution in [1.82, 2.24) is 4.98 Å². The third-order valence-electron chi connectivity index (χ3n) is 3.96. The summed E-state index contributed by atoms with van der Waals surface area (Å²) in [6.07, 6.45) is 0.802. The lowest BCUT2D eigenvalue weighted by molar-refractivity contribution is -0.106. The van der Waals surface area contributed by atoms with E-state index in [9.17, 15) is 4.79 Å². The summed E-state index contributed by atoms with van der Waals surface area (Å²) in [5, 5.41) is 3.27. The van der Waals surface area contributed by atoms with E-state index in [4.69, 9.17) is 11.6 Å². The Balaban J connectivity index is 1.89. The number of anilines is 2. The number of benzene rings is 2. The van der Waals surface area contributed by atoms with Crippen LogP contribution >= 0.6 is 22.9 Å². The Kier molecular flexibility index (Phi) is 4.93. The maximum Gasteiger partial charge on any atom is 0.220 e. The Labute approximate surface area is 156 Å². The van der Waals surface area contributed by atoms with Crippen LogP contribution in [0.1, 0.15) is 26.3 Å². The van der Waals surface area contributed by atoms with Crippen molar-refractivity contribution in [2.24, 2.45) is 0 Å². The second-order valence-corrected chi connectivity index (χ2v) is 8.07. The molecule has 0 saturated heterocycles. The predicted octanol–water partition coefficient (Wildman–Crippen LogP) is 6.06. The molecule has 0 spiro atoms. The zero-order valence-electron chi connectivity index (χ0n) is 14.4. The fourth-order valence-corrected chi connectivity index (χ4v) is 3.41. The summed E-state index contributed by atoms with van der Waals surface area (Å²) in [6, 6.07) is 15.5. The molecule has 0 aliphatic carbocycles. The average Bonchev–Trinajstić information content (AvgIpc) is 3.05. The van der Waals surface area contributed by atoms with Crippen molar-refractivity contribution >= 4 is 40.2 Å². The Bertz CT molecular complexity index is 864. The maximum absolute atomic E-state index is 11.7. The predicted molar refractivity (Wildman–Crippen MR) is 106 cm³/mol. The third-order valence-corrected chi connectivity index (χ3v) is 5.05. The number of hydrogen-bond donors (Lipinski definition) is 0. The average molecular weight is 371 g/mol. The fraction of sp³-hybridized carbons (Fsp3) is 0.200. The first-order chi connectivity index (χ1) is 11.9. The molecule has 0 fully saturated rings. The van der Waals surface area contributed by atoms with Crippen LogP contribution < -0.4 is 4.90 Å². The summed E-state index contributed by atoms with van der Waals surface area (Å²) in [6.45, 7) is 6.50. The monoisotopic (exact) mass is 370 g/mol. The Morgan fingerprint density at radius 3 is 2.24 bits per heavy atom. The molecular formula is C20H19ClN2OS. The van der Waals surface area contributed by atoms with Gasteiger partial charge in [-0.1, -0.05) is 56.6 Å². The number of carbonyl (C=O) groups excluding carboxylic acids is 1. The molecule has 0 unspecified atom stereocenters. The highest BCUT2D eigenvalue weighted by atomic mass is 35.5. The quantitative estimate of drug-likeness (QED) is 0.523. The van der Waals surface area contributed by atoms with Gasteiger partial charge in [0.1, 0.15) is 0 Å². The fourth-order valence-electron chi connectivity index (χ4n) is 2.47. The lowest BCUT2D eigenvalue weighted by Crippen LogP contribution is -2.15. The highest BCUT2D eigenvalue weighted by Gasteiger charge is 2.16. The molecule has 0 aliphatic rings. The van der Waals surface area contributed by atoms with E-state index in [0.717, 1.165) is 23.4 Å². The second-order valence-electron chi connectivity index (χ2n) is 6.79. The van der Waals surface area contributed by atoms with Crippen molar-refractivity contribution in [3.63, 3.8) is 0 Å². The van der Waals surface area contributed by atoms with E-state index in [-0.39, 0.29) is 5.41 Å². The van der Waals surface area contributed by atoms with Gasteiger partial charge in [-0.3, -0.25) is 9.69 Å². The first-order valence-electron chi connectivity index (χ1n) is 7.95. The lowest BCUT2D eigenvalue weighted by Gasteiger charge is -2.20. The highest BCUT2D eigenvalue weighted by molar-refractivity contribution is 7.14. The summed E-state index contributed by atoms with van der Waals surface area (Å²) in [7, 11) is 0. The molecule has 5 heteroatoms. The van der Waals surface area contributed by atoms with Gasteiger partial charge in [-0.25, -0.2) is 4.98 Å². The normalized spacial score (nSPS) is 11.4. The smallest absolute Gasteiger partial charge is 0.220 e. The van der Waals surface area contributed by atoms with E-state index in [0.29, 0.717) is 10.2 Å². The molecule has 0 N–H and O–H groups in total. The Hall–Kier alpha value is -2.17. The van der Waals surface area contributed by atoms with Gasteiger partial charge in [-0.2, -0.15) is 0 Å². The largest absolute Gasteiger partial charge is 0.278 e. The second kappa shape index (κ2) is 6.98. The standard InChI is InChI=1S/C20H19ClN2OS/c1-20(2,3)15-6-10-17(11-7-15)23(13-24)19-22-18(12-25-19)14-4-8-16(21)9-5-14/h4-13H,1-3H3. The molecule has 0 atom stereocenters. The molecule has 128 valence electrons. The van der Waals surface area contributed by atoms with Gasteiger partial charge in [-0.05, 0) is 35.2 Å². The van der Waals surface area contributed by atoms with Crippen LogP contribution in [0, 0.1) is 0 Å². The minimum Gasteiger partial charge on any atom is -0.278 e. The Morgan fingerprint density at radius 2 is 1.68 bits per heavy atom. The van der Waals surface area contributed by atoms with Gasteiger partial charge in [0.05, 0.1) is 11.4 Å². The van der Waals surface area contributed by atoms with Gasteiger partial charge >= 0.3 is 0 Å². The summed E-state index contributed by atoms with van der Waals surface area (Å²) in [5.74, 6) is 0. The van der Waals surface area contributed by atoms with E-state index in [2.05, 4.69) is 37.9 Å². The number of carbonyl (C=O) groups is 1. The van der Waals surface area contributed by atoms with Crippen molar-refractivity contribution in [2.75, 3.05) is 4.90 Å². The van der Waals surface area contributed by atoms with E-state index in [1.165, 1.54) is 16.9 Å². The third kappa shape index (κ3) is 3.91. The van der Waals surface area contributed by atoms with E-state index >= 15 is 0 Å². The van der Waals surface area contributed by atoms with Gasteiger partial charge in [0.25, 0.3) is 0 Å². The first-order valence-corrected chi connectivity index (χ1v) is 9.21. The molecular weight excluding hydrogens is 352 g/mol. The van der Waals surface area contributed by atoms with Crippen molar-refractivity contribution in [3.05, 3.63) is 64.5 Å². The summed E-state index contributed by atoms with van der Waals surface area (Å²) < 4.78 is 0. The molecule has 1 aromatic heterocycles. The molecule has 3 rings (SSSR count). The zero-order chi connectivity index (χ0) is 18.0. The molecule has 3 aromatic rings. The molecule has 0 bridgehead atoms. The summed E-state index contributed by atoms with van der Waals surface area (Å²) in [5.41, 5.74) is 3.91. The minimum atomic E-state index is 0.0769. The molecule has 3 nitrogen and oxygen atoms in total. The SMILES string of the molecule is CC(C)(C)c1ccc(N(C=O)c2nc(-c3ccc(Cl)cc3)cs2)cc1. The van der Waals surface area contributed by atoms with Crippen LogP contribution in [-0.2, 0) is 10.2 Å². The van der Waals surface area contributed by atoms with E-state index in [1.54, 1.807) is 4.90 Å². The zero-order valence-corrected chi connectivity index (χ0v) is 15.9. The molecule has 0 aliphatic heterocycles. The van der Waals surface area contributed by atoms with E-state index in [1.807, 2.05) is 41.8 Å². The summed E-state index contributed by atoms with van der Waals surface area (Å²) in [4.78, 5) is 17.8. The van der Waals surface area contributed by atoms with Crippen molar-refractivity contribution in [1.29, 1.82) is 0 Å². The number of hydrogen-bond acceptors (Lipinski definition) is 3. The number of aromatic nitrogens is 1. The van der Waals surface area contributed by atoms with E-state index < -0.39 is 0 Å². The van der Waals surface area contributed by atoms with Crippen LogP contribution in [0.25, 0.3) is 11.3 Å². The number of thiazole rings is 1. The molecule has 2 aromatic carbocycles. The number of halogens is 1. The molecule has 1 heterocycles. The van der Waals surface area contributed by atoms with Crippen molar-refractivity contribution in [2.45, 2.75) is 26.2 Å². The topological polar surface area (TPSA) is 33.2 Å². The lowest BCUT2D eigenvalue weighted by atomic mass is 9.87. The number of rotatable bonds is 4. The van der Waals surface area contributed by atoms with Gasteiger partial charge < -0.3 is 0 Å².